The van der Waals surface area contributed by atoms with Crippen molar-refractivity contribution in [2.24, 2.45) is 5.92 Å². The summed E-state index contributed by atoms with van der Waals surface area (Å²) in [6.07, 6.45) is 1.31. The minimum absolute atomic E-state index is 0.0396. The summed E-state index contributed by atoms with van der Waals surface area (Å²) in [4.78, 5) is 24.9. The van der Waals surface area contributed by atoms with Crippen molar-refractivity contribution in [3.05, 3.63) is 12.7 Å². The van der Waals surface area contributed by atoms with Gasteiger partial charge >= 0.3 is 6.09 Å². The third-order valence-corrected chi connectivity index (χ3v) is 2.63. The summed E-state index contributed by atoms with van der Waals surface area (Å²) in [5, 5.41) is 2.80. The largest absolute Gasteiger partial charge is 0.444 e. The molecule has 1 aliphatic rings. The van der Waals surface area contributed by atoms with Crippen LogP contribution in [0.3, 0.4) is 0 Å². The average Bonchev–Trinajstić information content (AvgIpc) is 2.11. The van der Waals surface area contributed by atoms with Gasteiger partial charge in [-0.25, -0.2) is 4.79 Å². The Kier molecular flexibility index (Phi) is 4.38. The van der Waals surface area contributed by atoms with Crippen molar-refractivity contribution in [1.82, 2.24) is 10.2 Å². The Balaban J connectivity index is 2.33. The number of hydrogen-bond donors (Lipinski definition) is 1. The van der Waals surface area contributed by atoms with E-state index in [1.54, 1.807) is 6.08 Å². The molecule has 0 aromatic heterocycles. The van der Waals surface area contributed by atoms with E-state index in [1.165, 1.54) is 4.90 Å². The number of ether oxygens (including phenoxy) is 1. The second kappa shape index (κ2) is 5.42. The number of likely N-dealkylation sites (tertiary alicyclic amines) is 1. The third kappa shape index (κ3) is 4.05. The second-order valence-electron chi connectivity index (χ2n) is 5.62. The molecule has 0 bridgehead atoms. The predicted octanol–water partition coefficient (Wildman–Crippen LogP) is 1.54. The number of amides is 2. The third-order valence-electron chi connectivity index (χ3n) is 2.63. The summed E-state index contributed by atoms with van der Waals surface area (Å²) in [6, 6.07) is -0.0481. The molecular weight excluding hydrogens is 232 g/mol. The van der Waals surface area contributed by atoms with Crippen LogP contribution in [0.5, 0.6) is 0 Å². The normalized spacial score (nSPS) is 17.7. The van der Waals surface area contributed by atoms with Crippen molar-refractivity contribution in [2.75, 3.05) is 13.1 Å². The van der Waals surface area contributed by atoms with Crippen LogP contribution in [0.2, 0.25) is 0 Å². The summed E-state index contributed by atoms with van der Waals surface area (Å²) < 4.78 is 5.21. The molecule has 102 valence electrons. The topological polar surface area (TPSA) is 58.6 Å². The summed E-state index contributed by atoms with van der Waals surface area (Å²) in [7, 11) is 0. The Labute approximate surface area is 108 Å². The maximum Gasteiger partial charge on any atom is 0.410 e. The van der Waals surface area contributed by atoms with E-state index in [1.807, 2.05) is 27.7 Å². The smallest absolute Gasteiger partial charge is 0.410 e. The van der Waals surface area contributed by atoms with Gasteiger partial charge in [0.2, 0.25) is 5.91 Å². The minimum Gasteiger partial charge on any atom is -0.444 e. The molecule has 0 aromatic rings. The number of carbonyl (C=O) groups excluding carboxylic acids is 2. The van der Waals surface area contributed by atoms with E-state index < -0.39 is 5.60 Å². The van der Waals surface area contributed by atoms with Crippen molar-refractivity contribution < 1.29 is 14.3 Å². The maximum absolute atomic E-state index is 11.7. The van der Waals surface area contributed by atoms with Gasteiger partial charge in [-0.15, -0.1) is 6.58 Å². The molecule has 0 aromatic carbocycles. The molecule has 0 aliphatic carbocycles. The molecule has 2 amide bonds. The van der Waals surface area contributed by atoms with Crippen molar-refractivity contribution >= 4 is 12.0 Å². The molecule has 1 unspecified atom stereocenters. The first-order chi connectivity index (χ1) is 8.23. The number of carbonyl (C=O) groups is 2. The highest BCUT2D eigenvalue weighted by Crippen LogP contribution is 2.19. The molecule has 18 heavy (non-hydrogen) atoms. The fourth-order valence-corrected chi connectivity index (χ4v) is 1.52. The quantitative estimate of drug-likeness (QED) is 0.777. The molecule has 0 saturated carbocycles. The van der Waals surface area contributed by atoms with Gasteiger partial charge < -0.3 is 15.0 Å². The first kappa shape index (κ1) is 14.5. The summed E-state index contributed by atoms with van der Waals surface area (Å²) >= 11 is 0. The molecular formula is C13H22N2O3. The Morgan fingerprint density at radius 3 is 2.44 bits per heavy atom. The van der Waals surface area contributed by atoms with Gasteiger partial charge in [-0.05, 0) is 27.7 Å². The molecule has 1 N–H and O–H groups in total. The summed E-state index contributed by atoms with van der Waals surface area (Å²) in [6.45, 7) is 11.8. The number of rotatable bonds is 3. The van der Waals surface area contributed by atoms with Gasteiger partial charge in [0.15, 0.2) is 0 Å². The van der Waals surface area contributed by atoms with Crippen LogP contribution in [0.4, 0.5) is 4.79 Å². The molecule has 1 heterocycles. The zero-order valence-corrected chi connectivity index (χ0v) is 11.5. The molecule has 1 fully saturated rings. The Morgan fingerprint density at radius 1 is 1.44 bits per heavy atom. The molecule has 0 spiro atoms. The maximum atomic E-state index is 11.7. The zero-order chi connectivity index (χ0) is 13.9. The molecule has 1 aliphatic heterocycles. The number of hydrogen-bond acceptors (Lipinski definition) is 3. The van der Waals surface area contributed by atoms with Crippen molar-refractivity contribution in [3.63, 3.8) is 0 Å². The van der Waals surface area contributed by atoms with Crippen LogP contribution >= 0.6 is 0 Å². The number of nitrogens with zero attached hydrogens (tertiary/aromatic N) is 1. The van der Waals surface area contributed by atoms with E-state index in [0.717, 1.165) is 0 Å². The van der Waals surface area contributed by atoms with E-state index in [-0.39, 0.29) is 24.0 Å². The van der Waals surface area contributed by atoms with Crippen LogP contribution in [-0.4, -0.2) is 41.6 Å². The summed E-state index contributed by atoms with van der Waals surface area (Å²) in [5.74, 6) is -0.179. The van der Waals surface area contributed by atoms with Crippen LogP contribution in [0, 0.1) is 5.92 Å². The fourth-order valence-electron chi connectivity index (χ4n) is 1.52. The molecule has 1 rings (SSSR count). The lowest BCUT2D eigenvalue weighted by molar-refractivity contribution is -0.130. The molecule has 0 radical (unpaired) electrons. The monoisotopic (exact) mass is 254 g/mol. The molecule has 5 heteroatoms. The van der Waals surface area contributed by atoms with Gasteiger partial charge in [0, 0.05) is 19.1 Å². The van der Waals surface area contributed by atoms with Crippen LogP contribution < -0.4 is 5.32 Å². The van der Waals surface area contributed by atoms with Crippen molar-refractivity contribution in [1.29, 1.82) is 0 Å². The van der Waals surface area contributed by atoms with Crippen LogP contribution in [0.15, 0.2) is 12.7 Å². The van der Waals surface area contributed by atoms with Crippen LogP contribution in [-0.2, 0) is 9.53 Å². The average molecular weight is 254 g/mol. The highest BCUT2D eigenvalue weighted by Gasteiger charge is 2.37. The van der Waals surface area contributed by atoms with E-state index in [0.29, 0.717) is 13.1 Å². The van der Waals surface area contributed by atoms with Crippen LogP contribution in [0.25, 0.3) is 0 Å². The molecule has 1 atom stereocenters. The van der Waals surface area contributed by atoms with E-state index in [2.05, 4.69) is 11.9 Å². The second-order valence-corrected chi connectivity index (χ2v) is 5.62. The Hall–Kier alpha value is -1.52. The minimum atomic E-state index is -0.498. The van der Waals surface area contributed by atoms with Gasteiger partial charge in [-0.1, -0.05) is 6.08 Å². The fraction of sp³-hybridized carbons (Fsp3) is 0.692. The van der Waals surface area contributed by atoms with E-state index >= 15 is 0 Å². The first-order valence-corrected chi connectivity index (χ1v) is 6.14. The summed E-state index contributed by atoms with van der Waals surface area (Å²) in [5.41, 5.74) is -0.498. The highest BCUT2D eigenvalue weighted by atomic mass is 16.6. The SMILES string of the molecule is C=CC(C)NC(=O)C1CN(C(=O)OC(C)(C)C)C1. The first-order valence-electron chi connectivity index (χ1n) is 6.14. The predicted molar refractivity (Wildman–Crippen MR) is 69.1 cm³/mol. The van der Waals surface area contributed by atoms with Crippen molar-refractivity contribution in [2.45, 2.75) is 39.3 Å². The Morgan fingerprint density at radius 2 is 2.00 bits per heavy atom. The zero-order valence-electron chi connectivity index (χ0n) is 11.5. The molecule has 5 nitrogen and oxygen atoms in total. The lowest BCUT2D eigenvalue weighted by atomic mass is 9.99. The Bertz CT molecular complexity index is 341. The molecule has 1 saturated heterocycles. The van der Waals surface area contributed by atoms with Gasteiger partial charge in [0.25, 0.3) is 0 Å². The van der Waals surface area contributed by atoms with Gasteiger partial charge in [-0.3, -0.25) is 4.79 Å². The van der Waals surface area contributed by atoms with Gasteiger partial charge in [0.05, 0.1) is 5.92 Å². The van der Waals surface area contributed by atoms with Gasteiger partial charge in [0.1, 0.15) is 5.60 Å². The lowest BCUT2D eigenvalue weighted by Crippen LogP contribution is -2.57. The van der Waals surface area contributed by atoms with E-state index in [4.69, 9.17) is 4.74 Å². The number of nitrogens with one attached hydrogen (secondary N) is 1. The van der Waals surface area contributed by atoms with Gasteiger partial charge in [-0.2, -0.15) is 0 Å². The highest BCUT2D eigenvalue weighted by molar-refractivity contribution is 5.82. The lowest BCUT2D eigenvalue weighted by Gasteiger charge is -2.39. The van der Waals surface area contributed by atoms with E-state index in [9.17, 15) is 9.59 Å². The standard InChI is InChI=1S/C13H22N2O3/c1-6-9(2)14-11(16)10-7-15(8-10)12(17)18-13(3,4)5/h6,9-10H,1,7-8H2,2-5H3,(H,14,16). The van der Waals surface area contributed by atoms with Crippen molar-refractivity contribution in [3.8, 4) is 0 Å². The van der Waals surface area contributed by atoms with Crippen LogP contribution in [0.1, 0.15) is 27.7 Å².